The van der Waals surface area contributed by atoms with Gasteiger partial charge in [0.25, 0.3) is 0 Å². The highest BCUT2D eigenvalue weighted by molar-refractivity contribution is 5.35. The molecule has 1 aliphatic rings. The summed E-state index contributed by atoms with van der Waals surface area (Å²) in [6.07, 6.45) is 4.59. The summed E-state index contributed by atoms with van der Waals surface area (Å²) in [6.45, 7) is 4.83. The lowest BCUT2D eigenvalue weighted by atomic mass is 9.61. The molecule has 0 aromatic heterocycles. The van der Waals surface area contributed by atoms with E-state index < -0.39 is 17.0 Å². The summed E-state index contributed by atoms with van der Waals surface area (Å²) in [7, 11) is 0. The lowest BCUT2D eigenvalue weighted by Crippen LogP contribution is -2.39. The number of nitriles is 1. The van der Waals surface area contributed by atoms with Gasteiger partial charge in [-0.15, -0.1) is 0 Å². The quantitative estimate of drug-likeness (QED) is 0.546. The van der Waals surface area contributed by atoms with Crippen molar-refractivity contribution in [3.8, 4) is 6.07 Å². The smallest absolute Gasteiger partial charge is 0.159 e. The van der Waals surface area contributed by atoms with Crippen LogP contribution < -0.4 is 0 Å². The Labute approximate surface area is 166 Å². The SMILES string of the molecule is CCN(CCCC(C#N)(c1ccc(F)c(F)c1)C1CCC1)Cc1ccccc1. The van der Waals surface area contributed by atoms with E-state index in [1.807, 2.05) is 18.2 Å². The first-order valence-electron chi connectivity index (χ1n) is 10.2. The van der Waals surface area contributed by atoms with Crippen LogP contribution in [0.1, 0.15) is 50.2 Å². The molecular formula is C24H28F2N2. The third-order valence-electron chi connectivity index (χ3n) is 6.18. The summed E-state index contributed by atoms with van der Waals surface area (Å²) in [4.78, 5) is 2.36. The molecule has 2 nitrogen and oxygen atoms in total. The lowest BCUT2D eigenvalue weighted by Gasteiger charge is -2.41. The van der Waals surface area contributed by atoms with E-state index in [9.17, 15) is 14.0 Å². The zero-order valence-corrected chi connectivity index (χ0v) is 16.5. The molecule has 1 aliphatic carbocycles. The molecule has 0 heterocycles. The molecule has 0 saturated heterocycles. The Kier molecular flexibility index (Phi) is 6.80. The van der Waals surface area contributed by atoms with E-state index in [4.69, 9.17) is 0 Å². The number of hydrogen-bond donors (Lipinski definition) is 0. The average molecular weight is 382 g/mol. The van der Waals surface area contributed by atoms with E-state index in [0.717, 1.165) is 51.4 Å². The van der Waals surface area contributed by atoms with Crippen molar-refractivity contribution >= 4 is 0 Å². The van der Waals surface area contributed by atoms with E-state index in [0.29, 0.717) is 12.0 Å². The third-order valence-corrected chi connectivity index (χ3v) is 6.18. The second-order valence-electron chi connectivity index (χ2n) is 7.80. The van der Waals surface area contributed by atoms with Crippen LogP contribution in [-0.2, 0) is 12.0 Å². The largest absolute Gasteiger partial charge is 0.299 e. The normalized spacial score (nSPS) is 16.4. The van der Waals surface area contributed by atoms with Gasteiger partial charge in [0, 0.05) is 6.54 Å². The highest BCUT2D eigenvalue weighted by Gasteiger charge is 2.43. The molecule has 28 heavy (non-hydrogen) atoms. The minimum Gasteiger partial charge on any atom is -0.299 e. The van der Waals surface area contributed by atoms with Gasteiger partial charge in [0.1, 0.15) is 0 Å². The van der Waals surface area contributed by atoms with Gasteiger partial charge in [-0.3, -0.25) is 4.90 Å². The van der Waals surface area contributed by atoms with Gasteiger partial charge in [-0.1, -0.05) is 49.7 Å². The molecule has 4 heteroatoms. The fourth-order valence-corrected chi connectivity index (χ4v) is 4.24. The molecule has 0 amide bonds. The Balaban J connectivity index is 1.71. The van der Waals surface area contributed by atoms with Crippen LogP contribution in [0.4, 0.5) is 8.78 Å². The molecule has 1 fully saturated rings. The first-order chi connectivity index (χ1) is 13.6. The molecular weight excluding hydrogens is 354 g/mol. The Bertz CT molecular complexity index is 811. The molecule has 1 saturated carbocycles. The summed E-state index contributed by atoms with van der Waals surface area (Å²) >= 11 is 0. The molecule has 1 unspecified atom stereocenters. The van der Waals surface area contributed by atoms with Gasteiger partial charge < -0.3 is 0 Å². The van der Waals surface area contributed by atoms with Crippen LogP contribution in [0.5, 0.6) is 0 Å². The summed E-state index contributed by atoms with van der Waals surface area (Å²) in [6, 6.07) is 16.9. The van der Waals surface area contributed by atoms with Crippen LogP contribution in [-0.4, -0.2) is 18.0 Å². The Morgan fingerprint density at radius 2 is 1.86 bits per heavy atom. The minimum atomic E-state index is -0.865. The second kappa shape index (κ2) is 9.30. The standard InChI is InChI=1S/C24H28F2N2/c1-2-28(17-19-8-4-3-5-9-19)15-7-14-24(18-27,20-10-6-11-20)21-12-13-22(25)23(26)16-21/h3-5,8-9,12-13,16,20H,2,6-7,10-11,14-15,17H2,1H3. The zero-order chi connectivity index (χ0) is 20.0. The Morgan fingerprint density at radius 1 is 1.11 bits per heavy atom. The highest BCUT2D eigenvalue weighted by atomic mass is 19.2. The van der Waals surface area contributed by atoms with E-state index in [2.05, 4.69) is 30.0 Å². The molecule has 148 valence electrons. The molecule has 0 radical (unpaired) electrons. The second-order valence-corrected chi connectivity index (χ2v) is 7.80. The molecule has 0 spiro atoms. The van der Waals surface area contributed by atoms with Crippen molar-refractivity contribution in [3.63, 3.8) is 0 Å². The zero-order valence-electron chi connectivity index (χ0n) is 16.5. The van der Waals surface area contributed by atoms with Crippen LogP contribution in [0.2, 0.25) is 0 Å². The maximum atomic E-state index is 13.9. The van der Waals surface area contributed by atoms with Crippen LogP contribution >= 0.6 is 0 Å². The molecule has 1 atom stereocenters. The topological polar surface area (TPSA) is 27.0 Å². The van der Waals surface area contributed by atoms with Gasteiger partial charge in [-0.2, -0.15) is 5.26 Å². The van der Waals surface area contributed by atoms with Crippen molar-refractivity contribution in [3.05, 3.63) is 71.3 Å². The molecule has 2 aromatic rings. The molecule has 3 rings (SSSR count). The maximum absolute atomic E-state index is 13.9. The predicted octanol–water partition coefficient (Wildman–Crippen LogP) is 5.83. The molecule has 0 N–H and O–H groups in total. The van der Waals surface area contributed by atoms with Crippen LogP contribution in [0.15, 0.2) is 48.5 Å². The summed E-state index contributed by atoms with van der Waals surface area (Å²) in [5.74, 6) is -1.49. The fourth-order valence-electron chi connectivity index (χ4n) is 4.24. The highest BCUT2D eigenvalue weighted by Crippen LogP contribution is 2.47. The number of rotatable bonds is 9. The van der Waals surface area contributed by atoms with Crippen molar-refractivity contribution in [2.45, 2.75) is 51.0 Å². The van der Waals surface area contributed by atoms with E-state index in [1.54, 1.807) is 6.07 Å². The Hall–Kier alpha value is -2.25. The van der Waals surface area contributed by atoms with Crippen LogP contribution in [0, 0.1) is 28.9 Å². The van der Waals surface area contributed by atoms with Gasteiger partial charge in [-0.05, 0) is 68.0 Å². The minimum absolute atomic E-state index is 0.228. The fraction of sp³-hybridized carbons (Fsp3) is 0.458. The van der Waals surface area contributed by atoms with E-state index in [-0.39, 0.29) is 5.92 Å². The number of benzene rings is 2. The van der Waals surface area contributed by atoms with Gasteiger partial charge in [-0.25, -0.2) is 8.78 Å². The van der Waals surface area contributed by atoms with E-state index >= 15 is 0 Å². The molecule has 2 aromatic carbocycles. The van der Waals surface area contributed by atoms with Gasteiger partial charge in [0.2, 0.25) is 0 Å². The average Bonchev–Trinajstić information content (AvgIpc) is 2.67. The van der Waals surface area contributed by atoms with Crippen molar-refractivity contribution in [1.29, 1.82) is 5.26 Å². The van der Waals surface area contributed by atoms with Crippen molar-refractivity contribution in [2.75, 3.05) is 13.1 Å². The molecule has 0 bridgehead atoms. The summed E-state index contributed by atoms with van der Waals surface area (Å²) < 4.78 is 27.3. The first-order valence-corrected chi connectivity index (χ1v) is 10.2. The van der Waals surface area contributed by atoms with E-state index in [1.165, 1.54) is 11.6 Å². The number of halogens is 2. The predicted molar refractivity (Wildman–Crippen MR) is 108 cm³/mol. The van der Waals surface area contributed by atoms with Crippen molar-refractivity contribution in [1.82, 2.24) is 4.90 Å². The number of hydrogen-bond acceptors (Lipinski definition) is 2. The summed E-state index contributed by atoms with van der Waals surface area (Å²) in [5.41, 5.74) is 1.18. The molecule has 0 aliphatic heterocycles. The monoisotopic (exact) mass is 382 g/mol. The van der Waals surface area contributed by atoms with Crippen molar-refractivity contribution in [2.24, 2.45) is 5.92 Å². The van der Waals surface area contributed by atoms with Crippen LogP contribution in [0.3, 0.4) is 0 Å². The van der Waals surface area contributed by atoms with Crippen LogP contribution in [0.25, 0.3) is 0 Å². The lowest BCUT2D eigenvalue weighted by molar-refractivity contribution is 0.183. The third kappa shape index (κ3) is 4.42. The summed E-state index contributed by atoms with van der Waals surface area (Å²) in [5, 5.41) is 10.1. The van der Waals surface area contributed by atoms with Crippen molar-refractivity contribution < 1.29 is 8.78 Å². The van der Waals surface area contributed by atoms with Gasteiger partial charge in [0.05, 0.1) is 11.5 Å². The van der Waals surface area contributed by atoms with Gasteiger partial charge in [0.15, 0.2) is 11.6 Å². The Morgan fingerprint density at radius 3 is 2.43 bits per heavy atom. The maximum Gasteiger partial charge on any atom is 0.159 e. The first kappa shape index (κ1) is 20.5. The van der Waals surface area contributed by atoms with Gasteiger partial charge >= 0.3 is 0 Å². The number of nitrogens with zero attached hydrogens (tertiary/aromatic N) is 2.